The first kappa shape index (κ1) is 12.2. The summed E-state index contributed by atoms with van der Waals surface area (Å²) in [6.07, 6.45) is 0. The molecule has 17 heavy (non-hydrogen) atoms. The van der Waals surface area contributed by atoms with E-state index in [1.807, 2.05) is 20.8 Å². The molecule has 0 bridgehead atoms. The molecule has 0 fully saturated rings. The minimum atomic E-state index is -0.328. The Morgan fingerprint density at radius 2 is 2.00 bits per heavy atom. The second-order valence-corrected chi connectivity index (χ2v) is 4.98. The molecular weight excluding hydrogens is 285 g/mol. The lowest BCUT2D eigenvalue weighted by atomic mass is 10.2. The van der Waals surface area contributed by atoms with Crippen molar-refractivity contribution in [1.29, 1.82) is 0 Å². The van der Waals surface area contributed by atoms with E-state index in [1.54, 1.807) is 6.07 Å². The maximum absolute atomic E-state index is 13.4. The number of hydrogen-bond acceptors (Lipinski definition) is 3. The maximum Gasteiger partial charge on any atom is 0.148 e. The van der Waals surface area contributed by atoms with Crippen molar-refractivity contribution in [2.24, 2.45) is 0 Å². The van der Waals surface area contributed by atoms with E-state index in [2.05, 4.69) is 31.2 Å². The van der Waals surface area contributed by atoms with Gasteiger partial charge in [0.25, 0.3) is 0 Å². The van der Waals surface area contributed by atoms with Gasteiger partial charge in [-0.2, -0.15) is 0 Å². The first-order chi connectivity index (χ1) is 7.99. The van der Waals surface area contributed by atoms with Gasteiger partial charge in [0, 0.05) is 6.04 Å². The van der Waals surface area contributed by atoms with Gasteiger partial charge in [-0.15, -0.1) is 0 Å². The number of nitrogens with one attached hydrogen (secondary N) is 1. The zero-order valence-corrected chi connectivity index (χ0v) is 11.5. The first-order valence-electron chi connectivity index (χ1n) is 5.38. The van der Waals surface area contributed by atoms with Crippen molar-refractivity contribution in [3.8, 4) is 0 Å². The Labute approximate surface area is 108 Å². The highest BCUT2D eigenvalue weighted by atomic mass is 79.9. The van der Waals surface area contributed by atoms with Crippen molar-refractivity contribution >= 4 is 32.8 Å². The van der Waals surface area contributed by atoms with Crippen molar-refractivity contribution in [3.63, 3.8) is 0 Å². The molecular formula is C12H13BrFN3. The number of rotatable bonds is 2. The average molecular weight is 298 g/mol. The number of aromatic nitrogens is 2. The first-order valence-corrected chi connectivity index (χ1v) is 6.17. The normalized spacial score (nSPS) is 11.2. The van der Waals surface area contributed by atoms with Crippen LogP contribution in [-0.4, -0.2) is 16.0 Å². The van der Waals surface area contributed by atoms with Gasteiger partial charge >= 0.3 is 0 Å². The third-order valence-electron chi connectivity index (χ3n) is 2.33. The molecule has 0 saturated carbocycles. The van der Waals surface area contributed by atoms with Gasteiger partial charge in [-0.1, -0.05) is 0 Å². The topological polar surface area (TPSA) is 37.8 Å². The summed E-state index contributed by atoms with van der Waals surface area (Å²) in [5, 5.41) is 3.19. The maximum atomic E-state index is 13.4. The fraction of sp³-hybridized carbons (Fsp3) is 0.333. The zero-order chi connectivity index (χ0) is 12.6. The summed E-state index contributed by atoms with van der Waals surface area (Å²) in [5.41, 5.74) is 2.04. The Hall–Kier alpha value is -1.23. The van der Waals surface area contributed by atoms with Gasteiger partial charge in [0.05, 0.1) is 15.7 Å². The summed E-state index contributed by atoms with van der Waals surface area (Å²) in [7, 11) is 0. The number of benzene rings is 1. The molecule has 90 valence electrons. The van der Waals surface area contributed by atoms with E-state index < -0.39 is 0 Å². The lowest BCUT2D eigenvalue weighted by molar-refractivity contribution is 0.623. The Bertz CT molecular complexity index is 569. The van der Waals surface area contributed by atoms with Gasteiger partial charge in [0.15, 0.2) is 0 Å². The Kier molecular flexibility index (Phi) is 3.28. The van der Waals surface area contributed by atoms with Crippen LogP contribution >= 0.6 is 15.9 Å². The van der Waals surface area contributed by atoms with Crippen molar-refractivity contribution in [3.05, 3.63) is 28.1 Å². The van der Waals surface area contributed by atoms with Crippen LogP contribution in [0.4, 0.5) is 10.2 Å². The molecule has 0 atom stereocenters. The van der Waals surface area contributed by atoms with Crippen LogP contribution in [0, 0.1) is 12.7 Å². The molecule has 0 aliphatic rings. The average Bonchev–Trinajstić information content (AvgIpc) is 2.25. The molecule has 0 aliphatic carbocycles. The fourth-order valence-corrected chi connectivity index (χ4v) is 1.99. The minimum Gasteiger partial charge on any atom is -0.366 e. The van der Waals surface area contributed by atoms with Gasteiger partial charge in [-0.05, 0) is 48.8 Å². The van der Waals surface area contributed by atoms with Gasteiger partial charge in [0.2, 0.25) is 0 Å². The fourth-order valence-electron chi connectivity index (χ4n) is 1.56. The number of nitrogens with zero attached hydrogens (tertiary/aromatic N) is 2. The second-order valence-electron chi connectivity index (χ2n) is 4.19. The second kappa shape index (κ2) is 4.56. The molecule has 5 heteroatoms. The summed E-state index contributed by atoms with van der Waals surface area (Å²) < 4.78 is 13.8. The summed E-state index contributed by atoms with van der Waals surface area (Å²) in [6.45, 7) is 5.92. The largest absolute Gasteiger partial charge is 0.366 e. The standard InChI is InChI=1S/C12H13BrFN3/c1-6(2)15-12-7(3)16-9-5-4-8(14)10(13)11(9)17-12/h4-6H,1-3H3,(H,15,17). The van der Waals surface area contributed by atoms with Crippen molar-refractivity contribution < 1.29 is 4.39 Å². The Balaban J connectivity index is 2.64. The van der Waals surface area contributed by atoms with Crippen LogP contribution in [0.5, 0.6) is 0 Å². The van der Waals surface area contributed by atoms with E-state index in [0.29, 0.717) is 21.3 Å². The lowest BCUT2D eigenvalue weighted by Gasteiger charge is -2.12. The molecule has 2 rings (SSSR count). The summed E-state index contributed by atoms with van der Waals surface area (Å²) in [5.74, 6) is 0.366. The van der Waals surface area contributed by atoms with E-state index in [1.165, 1.54) is 6.07 Å². The molecule has 1 aromatic carbocycles. The molecule has 1 N–H and O–H groups in total. The van der Waals surface area contributed by atoms with Crippen LogP contribution in [0.2, 0.25) is 0 Å². The molecule has 0 unspecified atom stereocenters. The molecule has 0 radical (unpaired) electrons. The van der Waals surface area contributed by atoms with Crippen molar-refractivity contribution in [1.82, 2.24) is 9.97 Å². The molecule has 0 spiro atoms. The number of anilines is 1. The SMILES string of the molecule is Cc1nc2ccc(F)c(Br)c2nc1NC(C)C. The highest BCUT2D eigenvalue weighted by Crippen LogP contribution is 2.26. The van der Waals surface area contributed by atoms with Crippen LogP contribution in [0.15, 0.2) is 16.6 Å². The molecule has 1 aromatic heterocycles. The van der Waals surface area contributed by atoms with Crippen LogP contribution in [0.3, 0.4) is 0 Å². The van der Waals surface area contributed by atoms with Gasteiger partial charge in [0.1, 0.15) is 17.2 Å². The zero-order valence-electron chi connectivity index (χ0n) is 9.88. The smallest absolute Gasteiger partial charge is 0.148 e. The van der Waals surface area contributed by atoms with E-state index in [-0.39, 0.29) is 11.9 Å². The summed E-state index contributed by atoms with van der Waals surface area (Å²) >= 11 is 3.20. The molecule has 1 heterocycles. The number of fused-ring (bicyclic) bond motifs is 1. The molecule has 2 aromatic rings. The number of aryl methyl sites for hydroxylation is 1. The van der Waals surface area contributed by atoms with E-state index in [9.17, 15) is 4.39 Å². The Morgan fingerprint density at radius 1 is 1.29 bits per heavy atom. The molecule has 0 amide bonds. The van der Waals surface area contributed by atoms with Gasteiger partial charge in [-0.3, -0.25) is 0 Å². The Morgan fingerprint density at radius 3 is 2.65 bits per heavy atom. The van der Waals surface area contributed by atoms with E-state index in [0.717, 1.165) is 5.69 Å². The molecule has 3 nitrogen and oxygen atoms in total. The highest BCUT2D eigenvalue weighted by molar-refractivity contribution is 9.10. The minimum absolute atomic E-state index is 0.257. The predicted octanol–water partition coefficient (Wildman–Crippen LogP) is 3.66. The third kappa shape index (κ3) is 2.39. The van der Waals surface area contributed by atoms with Crippen molar-refractivity contribution in [2.45, 2.75) is 26.8 Å². The van der Waals surface area contributed by atoms with Crippen LogP contribution < -0.4 is 5.32 Å². The monoisotopic (exact) mass is 297 g/mol. The van der Waals surface area contributed by atoms with Crippen LogP contribution in [-0.2, 0) is 0 Å². The van der Waals surface area contributed by atoms with E-state index in [4.69, 9.17) is 0 Å². The number of hydrogen-bond donors (Lipinski definition) is 1. The molecule has 0 saturated heterocycles. The molecule has 0 aliphatic heterocycles. The summed E-state index contributed by atoms with van der Waals surface area (Å²) in [6, 6.07) is 3.28. The highest BCUT2D eigenvalue weighted by Gasteiger charge is 2.11. The van der Waals surface area contributed by atoms with Crippen LogP contribution in [0.1, 0.15) is 19.5 Å². The number of halogens is 2. The quantitative estimate of drug-likeness (QED) is 0.919. The van der Waals surface area contributed by atoms with Gasteiger partial charge < -0.3 is 5.32 Å². The van der Waals surface area contributed by atoms with Gasteiger partial charge in [-0.25, -0.2) is 14.4 Å². The summed E-state index contributed by atoms with van der Waals surface area (Å²) in [4.78, 5) is 8.82. The van der Waals surface area contributed by atoms with Crippen LogP contribution in [0.25, 0.3) is 11.0 Å². The lowest BCUT2D eigenvalue weighted by Crippen LogP contribution is -2.13. The van der Waals surface area contributed by atoms with E-state index >= 15 is 0 Å². The van der Waals surface area contributed by atoms with Crippen molar-refractivity contribution in [2.75, 3.05) is 5.32 Å². The predicted molar refractivity (Wildman–Crippen MR) is 70.7 cm³/mol. The third-order valence-corrected chi connectivity index (χ3v) is 3.08.